The SMILES string of the molecule is N#CC(=Cc1ccc(O)cc1C(=O)Nc1cc(C(F)(F)F)cc(C(F)(F)F)c1)C(=O)O. The van der Waals surface area contributed by atoms with Gasteiger partial charge in [-0.15, -0.1) is 0 Å². The molecule has 0 saturated heterocycles. The zero-order chi connectivity index (χ0) is 23.6. The number of rotatable bonds is 4. The van der Waals surface area contributed by atoms with Crippen molar-refractivity contribution in [3.8, 4) is 11.8 Å². The molecule has 0 aliphatic rings. The summed E-state index contributed by atoms with van der Waals surface area (Å²) >= 11 is 0. The number of nitriles is 1. The summed E-state index contributed by atoms with van der Waals surface area (Å²) in [7, 11) is 0. The van der Waals surface area contributed by atoms with Gasteiger partial charge in [-0.25, -0.2) is 4.79 Å². The number of alkyl halides is 6. The molecule has 6 nitrogen and oxygen atoms in total. The van der Waals surface area contributed by atoms with Crippen LogP contribution in [0.3, 0.4) is 0 Å². The number of anilines is 1. The largest absolute Gasteiger partial charge is 0.508 e. The van der Waals surface area contributed by atoms with Gasteiger partial charge in [-0.2, -0.15) is 31.6 Å². The standard InChI is InChI=1S/C19H10F6N2O4/c20-18(21,22)11-4-12(19(23,24)25)6-13(5-11)27-16(29)15-7-14(28)2-1-9(15)3-10(8-26)17(30)31/h1-7,28H,(H,27,29)(H,30,31). The number of benzene rings is 2. The Morgan fingerprint density at radius 1 is 0.968 bits per heavy atom. The van der Waals surface area contributed by atoms with E-state index in [9.17, 15) is 41.0 Å². The summed E-state index contributed by atoms with van der Waals surface area (Å²) in [5, 5.41) is 29.2. The molecule has 0 aliphatic heterocycles. The molecule has 2 rings (SSSR count). The Morgan fingerprint density at radius 3 is 1.97 bits per heavy atom. The Morgan fingerprint density at radius 2 is 1.52 bits per heavy atom. The molecular formula is C19H10F6N2O4. The molecule has 3 N–H and O–H groups in total. The van der Waals surface area contributed by atoms with Gasteiger partial charge in [0.15, 0.2) is 0 Å². The van der Waals surface area contributed by atoms with Crippen LogP contribution >= 0.6 is 0 Å². The van der Waals surface area contributed by atoms with Crippen LogP contribution in [0.1, 0.15) is 27.0 Å². The van der Waals surface area contributed by atoms with Crippen molar-refractivity contribution < 1.29 is 46.1 Å². The Hall–Kier alpha value is -4.01. The summed E-state index contributed by atoms with van der Waals surface area (Å²) in [6, 6.07) is 4.66. The Balaban J connectivity index is 2.55. The molecule has 0 aliphatic carbocycles. The first-order chi connectivity index (χ1) is 14.2. The van der Waals surface area contributed by atoms with Crippen LogP contribution in [0.2, 0.25) is 0 Å². The van der Waals surface area contributed by atoms with Crippen LogP contribution < -0.4 is 5.32 Å². The Kier molecular flexibility index (Phi) is 6.30. The molecule has 2 aromatic rings. The van der Waals surface area contributed by atoms with Crippen molar-refractivity contribution in [3.63, 3.8) is 0 Å². The maximum atomic E-state index is 13.0. The highest BCUT2D eigenvalue weighted by Crippen LogP contribution is 2.37. The molecule has 0 aromatic heterocycles. The first-order valence-electron chi connectivity index (χ1n) is 8.01. The number of hydrogen-bond acceptors (Lipinski definition) is 4. The van der Waals surface area contributed by atoms with Gasteiger partial charge in [-0.3, -0.25) is 4.79 Å². The number of carboxylic acids is 1. The lowest BCUT2D eigenvalue weighted by Gasteiger charge is -2.15. The van der Waals surface area contributed by atoms with E-state index in [0.29, 0.717) is 0 Å². The molecule has 0 spiro atoms. The first-order valence-corrected chi connectivity index (χ1v) is 8.01. The van der Waals surface area contributed by atoms with Gasteiger partial charge in [-0.1, -0.05) is 6.07 Å². The highest BCUT2D eigenvalue weighted by molar-refractivity contribution is 6.08. The average molecular weight is 444 g/mol. The van der Waals surface area contributed by atoms with Crippen molar-refractivity contribution in [2.45, 2.75) is 12.4 Å². The second kappa shape index (κ2) is 8.39. The van der Waals surface area contributed by atoms with Crippen LogP contribution in [0.4, 0.5) is 32.0 Å². The second-order valence-corrected chi connectivity index (χ2v) is 6.00. The molecule has 0 atom stereocenters. The van der Waals surface area contributed by atoms with Crippen molar-refractivity contribution in [1.29, 1.82) is 5.26 Å². The summed E-state index contributed by atoms with van der Waals surface area (Å²) in [6.07, 6.45) is -9.52. The predicted octanol–water partition coefficient (Wildman–Crippen LogP) is 4.67. The number of nitrogens with one attached hydrogen (secondary N) is 1. The Bertz CT molecular complexity index is 1080. The number of carboxylic acid groups (broad SMARTS) is 1. The monoisotopic (exact) mass is 444 g/mol. The van der Waals surface area contributed by atoms with E-state index in [2.05, 4.69) is 0 Å². The number of hydrogen-bond donors (Lipinski definition) is 3. The average Bonchev–Trinajstić information content (AvgIpc) is 2.65. The summed E-state index contributed by atoms with van der Waals surface area (Å²) < 4.78 is 77.8. The summed E-state index contributed by atoms with van der Waals surface area (Å²) in [5.74, 6) is -3.40. The third-order valence-electron chi connectivity index (χ3n) is 3.78. The second-order valence-electron chi connectivity index (χ2n) is 6.00. The van der Waals surface area contributed by atoms with Gasteiger partial charge in [0.25, 0.3) is 5.91 Å². The van der Waals surface area contributed by atoms with Crippen molar-refractivity contribution in [1.82, 2.24) is 0 Å². The number of carbonyl (C=O) groups is 2. The van der Waals surface area contributed by atoms with E-state index in [1.54, 1.807) is 0 Å². The number of phenols is 1. The quantitative estimate of drug-likeness (QED) is 0.361. The van der Waals surface area contributed by atoms with Gasteiger partial charge in [0.05, 0.1) is 16.7 Å². The molecule has 0 bridgehead atoms. The number of aliphatic carboxylic acids is 1. The lowest BCUT2D eigenvalue weighted by atomic mass is 10.0. The predicted molar refractivity (Wildman–Crippen MR) is 93.7 cm³/mol. The minimum atomic E-state index is -5.14. The summed E-state index contributed by atoms with van der Waals surface area (Å²) in [4.78, 5) is 23.5. The third kappa shape index (κ3) is 5.75. The van der Waals surface area contributed by atoms with E-state index in [1.165, 1.54) is 6.07 Å². The van der Waals surface area contributed by atoms with E-state index in [1.807, 2.05) is 5.32 Å². The van der Waals surface area contributed by atoms with E-state index in [0.717, 1.165) is 24.3 Å². The van der Waals surface area contributed by atoms with Gasteiger partial charge in [0.1, 0.15) is 17.4 Å². The smallest absolute Gasteiger partial charge is 0.416 e. The van der Waals surface area contributed by atoms with E-state index in [4.69, 9.17) is 10.4 Å². The zero-order valence-electron chi connectivity index (χ0n) is 15.0. The molecule has 1 amide bonds. The van der Waals surface area contributed by atoms with Crippen molar-refractivity contribution in [3.05, 3.63) is 64.2 Å². The van der Waals surface area contributed by atoms with Gasteiger partial charge >= 0.3 is 18.3 Å². The minimum Gasteiger partial charge on any atom is -0.508 e. The molecule has 162 valence electrons. The number of phenolic OH excluding ortho intramolecular Hbond substituents is 1. The van der Waals surface area contributed by atoms with E-state index >= 15 is 0 Å². The maximum Gasteiger partial charge on any atom is 0.416 e. The van der Waals surface area contributed by atoms with Gasteiger partial charge in [0.2, 0.25) is 0 Å². The van der Waals surface area contributed by atoms with Gasteiger partial charge in [0, 0.05) is 5.69 Å². The summed E-state index contributed by atoms with van der Waals surface area (Å²) in [5.41, 5.74) is -5.70. The lowest BCUT2D eigenvalue weighted by molar-refractivity contribution is -0.143. The normalized spacial score (nSPS) is 12.2. The highest BCUT2D eigenvalue weighted by Gasteiger charge is 2.37. The van der Waals surface area contributed by atoms with E-state index < -0.39 is 57.9 Å². The molecule has 0 saturated carbocycles. The van der Waals surface area contributed by atoms with Crippen LogP contribution in [0, 0.1) is 11.3 Å². The molecule has 0 radical (unpaired) electrons. The fraction of sp³-hybridized carbons (Fsp3) is 0.105. The van der Waals surface area contributed by atoms with Crippen LogP contribution in [-0.2, 0) is 17.1 Å². The molecule has 2 aromatic carbocycles. The number of carbonyl (C=O) groups excluding carboxylic acids is 1. The van der Waals surface area contributed by atoms with Crippen molar-refractivity contribution in [2.75, 3.05) is 5.32 Å². The number of halogens is 6. The number of nitrogens with zero attached hydrogens (tertiary/aromatic N) is 1. The highest BCUT2D eigenvalue weighted by atomic mass is 19.4. The molecule has 0 heterocycles. The van der Waals surface area contributed by atoms with Crippen LogP contribution in [0.5, 0.6) is 5.75 Å². The van der Waals surface area contributed by atoms with Crippen LogP contribution in [0.25, 0.3) is 6.08 Å². The molecule has 31 heavy (non-hydrogen) atoms. The molecule has 12 heteroatoms. The summed E-state index contributed by atoms with van der Waals surface area (Å²) in [6.45, 7) is 0. The van der Waals surface area contributed by atoms with Crippen LogP contribution in [0.15, 0.2) is 42.0 Å². The zero-order valence-corrected chi connectivity index (χ0v) is 15.0. The number of aromatic hydroxyl groups is 1. The Labute approximate surface area is 169 Å². The van der Waals surface area contributed by atoms with Crippen LogP contribution in [-0.4, -0.2) is 22.1 Å². The fourth-order valence-corrected chi connectivity index (χ4v) is 2.39. The van der Waals surface area contributed by atoms with Crippen molar-refractivity contribution in [2.24, 2.45) is 0 Å². The maximum absolute atomic E-state index is 13.0. The van der Waals surface area contributed by atoms with E-state index in [-0.39, 0.29) is 23.8 Å². The first kappa shape index (κ1) is 23.3. The molecular weight excluding hydrogens is 434 g/mol. The van der Waals surface area contributed by atoms with Gasteiger partial charge < -0.3 is 15.5 Å². The minimum absolute atomic E-state index is 0.121. The van der Waals surface area contributed by atoms with Gasteiger partial charge in [-0.05, 0) is 42.0 Å². The third-order valence-corrected chi connectivity index (χ3v) is 3.78. The molecule has 0 fully saturated rings. The lowest BCUT2D eigenvalue weighted by Crippen LogP contribution is -2.16. The topological polar surface area (TPSA) is 110 Å². The fourth-order valence-electron chi connectivity index (χ4n) is 2.39. The molecule has 0 unspecified atom stereocenters. The number of amides is 1. The van der Waals surface area contributed by atoms with Crippen molar-refractivity contribution >= 4 is 23.6 Å².